The zero-order valence-corrected chi connectivity index (χ0v) is 19.9. The van der Waals surface area contributed by atoms with Crippen LogP contribution in [0.3, 0.4) is 0 Å². The number of hydrogen-bond acceptors (Lipinski definition) is 5. The van der Waals surface area contributed by atoms with Gasteiger partial charge in [0.05, 0.1) is 22.8 Å². The average Bonchev–Trinajstić information content (AvgIpc) is 3.33. The van der Waals surface area contributed by atoms with Gasteiger partial charge in [0.15, 0.2) is 0 Å². The summed E-state index contributed by atoms with van der Waals surface area (Å²) in [5, 5.41) is 1.38. The van der Waals surface area contributed by atoms with Crippen molar-refractivity contribution in [3.05, 3.63) is 79.0 Å². The summed E-state index contributed by atoms with van der Waals surface area (Å²) in [5.41, 5.74) is 1.80. The maximum absolute atomic E-state index is 13.5. The number of imidazole rings is 1. The third-order valence-electron chi connectivity index (χ3n) is 5.76. The molecule has 0 spiro atoms. The lowest BCUT2D eigenvalue weighted by molar-refractivity contribution is -0.117. The van der Waals surface area contributed by atoms with Crippen LogP contribution >= 0.6 is 0 Å². The van der Waals surface area contributed by atoms with Crippen LogP contribution in [0.5, 0.6) is 0 Å². The lowest BCUT2D eigenvalue weighted by Gasteiger charge is -2.18. The van der Waals surface area contributed by atoms with Gasteiger partial charge in [0.1, 0.15) is 11.6 Å². The topological polar surface area (TPSA) is 105 Å². The minimum Gasteiger partial charge on any atom is -0.341 e. The quantitative estimate of drug-likeness (QED) is 0.290. The van der Waals surface area contributed by atoms with E-state index in [2.05, 4.69) is 19.7 Å². The number of benzene rings is 2. The minimum atomic E-state index is -3.84. The first-order valence-corrected chi connectivity index (χ1v) is 12.9. The normalized spacial score (nSPS) is 12.6. The number of sulfonamides is 1. The van der Waals surface area contributed by atoms with Gasteiger partial charge in [-0.05, 0) is 37.5 Å². The Morgan fingerprint density at radius 2 is 1.82 bits per heavy atom. The van der Waals surface area contributed by atoms with Crippen LogP contribution in [0.2, 0.25) is 0 Å². The van der Waals surface area contributed by atoms with Gasteiger partial charge in [-0.25, -0.2) is 18.1 Å². The van der Waals surface area contributed by atoms with Gasteiger partial charge in [-0.1, -0.05) is 55.3 Å². The highest BCUT2D eigenvalue weighted by Gasteiger charge is 2.25. The van der Waals surface area contributed by atoms with E-state index < -0.39 is 16.1 Å². The molecule has 4 aromatic rings. The van der Waals surface area contributed by atoms with Crippen molar-refractivity contribution < 1.29 is 13.2 Å². The molecule has 0 aliphatic heterocycles. The molecule has 2 N–H and O–H groups in total. The van der Waals surface area contributed by atoms with Gasteiger partial charge in [-0.2, -0.15) is 0 Å². The van der Waals surface area contributed by atoms with Gasteiger partial charge >= 0.3 is 0 Å². The third kappa shape index (κ3) is 5.76. The minimum absolute atomic E-state index is 0.168. The molecule has 0 radical (unpaired) electrons. The highest BCUT2D eigenvalue weighted by molar-refractivity contribution is 7.89. The molecule has 1 atom stereocenters. The summed E-state index contributed by atoms with van der Waals surface area (Å²) in [5.74, 6) is 0.733. The van der Waals surface area contributed by atoms with E-state index in [4.69, 9.17) is 0 Å². The van der Waals surface area contributed by atoms with Crippen molar-refractivity contribution in [2.24, 2.45) is 0 Å². The highest BCUT2D eigenvalue weighted by atomic mass is 32.2. The Bertz CT molecular complexity index is 1360. The van der Waals surface area contributed by atoms with Crippen LogP contribution in [0, 0.1) is 0 Å². The Balaban J connectivity index is 1.60. The predicted molar refractivity (Wildman–Crippen MR) is 133 cm³/mol. The number of aromatic nitrogens is 3. The van der Waals surface area contributed by atoms with E-state index in [0.717, 1.165) is 35.9 Å². The molecule has 0 saturated carbocycles. The van der Waals surface area contributed by atoms with Crippen molar-refractivity contribution in [1.29, 1.82) is 0 Å². The summed E-state index contributed by atoms with van der Waals surface area (Å²) in [7, 11) is -3.84. The monoisotopic (exact) mass is 476 g/mol. The number of rotatable bonds is 11. The van der Waals surface area contributed by atoms with Gasteiger partial charge in [0.25, 0.3) is 0 Å². The van der Waals surface area contributed by atoms with Crippen molar-refractivity contribution in [2.75, 3.05) is 0 Å². The van der Waals surface area contributed by atoms with E-state index in [1.54, 1.807) is 43.7 Å². The van der Waals surface area contributed by atoms with Crippen molar-refractivity contribution >= 4 is 26.6 Å². The second kappa shape index (κ2) is 10.7. The number of fused-ring (bicyclic) bond motifs is 1. The first kappa shape index (κ1) is 23.8. The molecule has 176 valence electrons. The van der Waals surface area contributed by atoms with Gasteiger partial charge in [0.2, 0.25) is 10.0 Å². The maximum atomic E-state index is 13.5. The maximum Gasteiger partial charge on any atom is 0.241 e. The standard InChI is InChI=1S/C26H28N4O3S/c1-19(31)9-4-2-7-13-23(26-28-18-24(29-26)20-10-5-3-6-11-20)30-34(32,33)25-14-8-12-21-17-27-16-15-22(21)25/h3,5-6,8,10-12,14-18,23,30H,2,4,7,9,13H2,1H3,(H,28,29)/t23-/m0/s1. The molecule has 0 bridgehead atoms. The number of carbonyl (C=O) groups excluding carboxylic acids is 1. The Morgan fingerprint density at radius 3 is 2.62 bits per heavy atom. The zero-order valence-electron chi connectivity index (χ0n) is 19.1. The summed E-state index contributed by atoms with van der Waals surface area (Å²) < 4.78 is 29.8. The largest absolute Gasteiger partial charge is 0.341 e. The Hall–Kier alpha value is -3.36. The van der Waals surface area contributed by atoms with Crippen LogP contribution in [-0.4, -0.2) is 29.2 Å². The first-order chi connectivity index (χ1) is 16.4. The second-order valence-corrected chi connectivity index (χ2v) is 10.1. The number of nitrogens with zero attached hydrogens (tertiary/aromatic N) is 2. The number of unbranched alkanes of at least 4 members (excludes halogenated alkanes) is 2. The Labute approximate surface area is 199 Å². The molecule has 0 fully saturated rings. The van der Waals surface area contributed by atoms with Gasteiger partial charge in [0, 0.05) is 29.6 Å². The second-order valence-electron chi connectivity index (χ2n) is 8.38. The summed E-state index contributed by atoms with van der Waals surface area (Å²) in [4.78, 5) is 23.4. The Kier molecular flexibility index (Phi) is 7.49. The highest BCUT2D eigenvalue weighted by Crippen LogP contribution is 2.27. The van der Waals surface area contributed by atoms with Gasteiger partial charge in [-0.3, -0.25) is 4.98 Å². The molecule has 0 aliphatic carbocycles. The third-order valence-corrected chi connectivity index (χ3v) is 7.29. The number of carbonyl (C=O) groups is 1. The van der Waals surface area contributed by atoms with Crippen LogP contribution in [0.1, 0.15) is 50.9 Å². The van der Waals surface area contributed by atoms with E-state index in [1.807, 2.05) is 36.4 Å². The lowest BCUT2D eigenvalue weighted by atomic mass is 10.1. The first-order valence-electron chi connectivity index (χ1n) is 11.4. The summed E-state index contributed by atoms with van der Waals surface area (Å²) in [6.45, 7) is 1.59. The molecule has 0 aliphatic rings. The molecule has 2 aromatic carbocycles. The van der Waals surface area contributed by atoms with E-state index in [9.17, 15) is 13.2 Å². The molecule has 0 amide bonds. The molecular formula is C26H28N4O3S. The summed E-state index contributed by atoms with van der Waals surface area (Å²) >= 11 is 0. The van der Waals surface area contributed by atoms with Crippen molar-refractivity contribution in [3.63, 3.8) is 0 Å². The fourth-order valence-corrected chi connectivity index (χ4v) is 5.47. The smallest absolute Gasteiger partial charge is 0.241 e. The molecule has 2 aromatic heterocycles. The predicted octanol–water partition coefficient (Wildman–Crippen LogP) is 5.18. The van der Waals surface area contributed by atoms with Crippen LogP contribution < -0.4 is 4.72 Å². The molecule has 4 rings (SSSR count). The number of H-pyrrole nitrogens is 1. The number of nitrogens with one attached hydrogen (secondary N) is 2. The summed E-state index contributed by atoms with van der Waals surface area (Å²) in [6.07, 6.45) is 8.46. The molecule has 7 nitrogen and oxygen atoms in total. The van der Waals surface area contributed by atoms with Gasteiger partial charge in [-0.15, -0.1) is 0 Å². The summed E-state index contributed by atoms with van der Waals surface area (Å²) in [6, 6.07) is 16.1. The number of Topliss-reactive ketones (excluding diaryl/α,β-unsaturated/α-hetero) is 1. The van der Waals surface area contributed by atoms with E-state index in [0.29, 0.717) is 24.1 Å². The fraction of sp³-hybridized carbons (Fsp3) is 0.269. The van der Waals surface area contributed by atoms with Crippen LogP contribution in [0.4, 0.5) is 0 Å². The number of aromatic amines is 1. The molecule has 2 heterocycles. The van der Waals surface area contributed by atoms with Gasteiger partial charge < -0.3 is 9.78 Å². The van der Waals surface area contributed by atoms with Crippen molar-refractivity contribution in [1.82, 2.24) is 19.7 Å². The SMILES string of the molecule is CC(=O)CCCCC[C@H](NS(=O)(=O)c1cccc2cnccc12)c1ncc(-c2ccccc2)[nH]1. The van der Waals surface area contributed by atoms with E-state index in [-0.39, 0.29) is 10.7 Å². The number of hydrogen-bond donors (Lipinski definition) is 2. The van der Waals surface area contributed by atoms with Crippen LogP contribution in [0.15, 0.2) is 78.1 Å². The van der Waals surface area contributed by atoms with Crippen molar-refractivity contribution in [2.45, 2.75) is 50.0 Å². The van der Waals surface area contributed by atoms with Crippen molar-refractivity contribution in [3.8, 4) is 11.3 Å². The fourth-order valence-electron chi connectivity index (χ4n) is 4.01. The lowest BCUT2D eigenvalue weighted by Crippen LogP contribution is -2.29. The van der Waals surface area contributed by atoms with E-state index in [1.165, 1.54) is 0 Å². The number of pyridine rings is 1. The number of ketones is 1. The molecule has 34 heavy (non-hydrogen) atoms. The molecule has 0 unspecified atom stereocenters. The molecular weight excluding hydrogens is 448 g/mol. The van der Waals surface area contributed by atoms with Crippen LogP contribution in [-0.2, 0) is 14.8 Å². The average molecular weight is 477 g/mol. The Morgan fingerprint density at radius 1 is 1.00 bits per heavy atom. The molecule has 0 saturated heterocycles. The van der Waals surface area contributed by atoms with Crippen LogP contribution in [0.25, 0.3) is 22.0 Å². The molecule has 8 heteroatoms. The van der Waals surface area contributed by atoms with E-state index >= 15 is 0 Å². The zero-order chi connectivity index (χ0) is 24.0.